The van der Waals surface area contributed by atoms with Gasteiger partial charge in [-0.05, 0) is 43.5 Å². The summed E-state index contributed by atoms with van der Waals surface area (Å²) in [7, 11) is 0. The first-order valence-electron chi connectivity index (χ1n) is 8.14. The van der Waals surface area contributed by atoms with Gasteiger partial charge in [-0.15, -0.1) is 5.92 Å². The predicted molar refractivity (Wildman–Crippen MR) is 100 cm³/mol. The minimum Gasteiger partial charge on any atom is -0.453 e. The van der Waals surface area contributed by atoms with Crippen molar-refractivity contribution in [2.45, 2.75) is 26.3 Å². The molecule has 1 heterocycles. The van der Waals surface area contributed by atoms with Crippen LogP contribution >= 0.6 is 11.6 Å². The molecule has 0 spiro atoms. The summed E-state index contributed by atoms with van der Waals surface area (Å²) >= 11 is 6.14. The number of aryl methyl sites for hydroxylation is 1. The maximum absolute atomic E-state index is 13.6. The molecule has 0 fully saturated rings. The molecule has 4 nitrogen and oxygen atoms in total. The first kappa shape index (κ1) is 18.2. The lowest BCUT2D eigenvalue weighted by atomic mass is 9.95. The average molecular weight is 373 g/mol. The highest BCUT2D eigenvalue weighted by atomic mass is 35.5. The number of amides is 1. The molecular formula is C20H18ClFN2O2. The third-order valence-electron chi connectivity index (χ3n) is 4.22. The Labute approximate surface area is 156 Å². The minimum absolute atomic E-state index is 0.187. The van der Waals surface area contributed by atoms with Crippen LogP contribution in [0.3, 0.4) is 0 Å². The van der Waals surface area contributed by atoms with E-state index in [1.54, 1.807) is 6.92 Å². The smallest absolute Gasteiger partial charge is 0.245 e. The standard InChI is InChI=1S/C20H18ClFN2O2/c1-3-4-9-24-18-13(10-16(23)20(24)25)6-5-12(2)19(18)26-17-11-14(22)7-8-15(17)21/h5-8,11,16H,9-10,23H2,1-2H3/t16-/m1/s1. The number of hydrogen-bond acceptors (Lipinski definition) is 3. The molecule has 2 N–H and O–H groups in total. The van der Waals surface area contributed by atoms with Crippen molar-refractivity contribution in [1.29, 1.82) is 0 Å². The van der Waals surface area contributed by atoms with Crippen LogP contribution in [0, 0.1) is 24.6 Å². The SMILES string of the molecule is CC#CCN1C(=O)[C@H](N)Cc2ccc(C)c(Oc3cc(F)ccc3Cl)c21. The van der Waals surface area contributed by atoms with Crippen molar-refractivity contribution in [2.24, 2.45) is 5.73 Å². The van der Waals surface area contributed by atoms with Gasteiger partial charge in [0.25, 0.3) is 0 Å². The zero-order valence-corrected chi connectivity index (χ0v) is 15.2. The number of carbonyl (C=O) groups is 1. The maximum Gasteiger partial charge on any atom is 0.245 e. The monoisotopic (exact) mass is 372 g/mol. The zero-order valence-electron chi connectivity index (χ0n) is 14.5. The summed E-state index contributed by atoms with van der Waals surface area (Å²) in [5.74, 6) is 5.64. The van der Waals surface area contributed by atoms with Crippen LogP contribution in [-0.2, 0) is 11.2 Å². The highest BCUT2D eigenvalue weighted by molar-refractivity contribution is 6.32. The van der Waals surface area contributed by atoms with Crippen LogP contribution in [0.5, 0.6) is 11.5 Å². The molecule has 0 aliphatic carbocycles. The Hall–Kier alpha value is -2.55. The number of rotatable bonds is 3. The van der Waals surface area contributed by atoms with Crippen molar-refractivity contribution in [1.82, 2.24) is 0 Å². The Kier molecular flexibility index (Phi) is 5.17. The van der Waals surface area contributed by atoms with Crippen molar-refractivity contribution >= 4 is 23.2 Å². The number of benzene rings is 2. The lowest BCUT2D eigenvalue weighted by molar-refractivity contribution is -0.120. The number of anilines is 1. The van der Waals surface area contributed by atoms with E-state index in [1.165, 1.54) is 23.1 Å². The van der Waals surface area contributed by atoms with Gasteiger partial charge < -0.3 is 10.5 Å². The lowest BCUT2D eigenvalue weighted by Crippen LogP contribution is -2.49. The third-order valence-corrected chi connectivity index (χ3v) is 4.54. The van der Waals surface area contributed by atoms with E-state index in [-0.39, 0.29) is 23.2 Å². The van der Waals surface area contributed by atoms with Gasteiger partial charge >= 0.3 is 0 Å². The molecule has 26 heavy (non-hydrogen) atoms. The molecule has 1 aliphatic rings. The highest BCUT2D eigenvalue weighted by Gasteiger charge is 2.33. The van der Waals surface area contributed by atoms with Gasteiger partial charge in [0.2, 0.25) is 5.91 Å². The van der Waals surface area contributed by atoms with Crippen molar-refractivity contribution in [3.8, 4) is 23.3 Å². The van der Waals surface area contributed by atoms with Gasteiger partial charge in [0.1, 0.15) is 11.6 Å². The second kappa shape index (κ2) is 7.36. The van der Waals surface area contributed by atoms with Gasteiger partial charge in [-0.25, -0.2) is 4.39 Å². The largest absolute Gasteiger partial charge is 0.453 e. The van der Waals surface area contributed by atoms with E-state index in [4.69, 9.17) is 22.1 Å². The average Bonchev–Trinajstić information content (AvgIpc) is 2.61. The number of nitrogens with zero attached hydrogens (tertiary/aromatic N) is 1. The second-order valence-electron chi connectivity index (χ2n) is 6.06. The predicted octanol–water partition coefficient (Wildman–Crippen LogP) is 3.82. The van der Waals surface area contributed by atoms with E-state index in [1.807, 2.05) is 19.1 Å². The van der Waals surface area contributed by atoms with Gasteiger partial charge in [-0.2, -0.15) is 0 Å². The van der Waals surface area contributed by atoms with E-state index in [2.05, 4.69) is 11.8 Å². The van der Waals surface area contributed by atoms with E-state index < -0.39 is 11.9 Å². The van der Waals surface area contributed by atoms with E-state index in [0.29, 0.717) is 17.9 Å². The van der Waals surface area contributed by atoms with Gasteiger partial charge in [0.15, 0.2) is 5.75 Å². The number of halogens is 2. The Morgan fingerprint density at radius 2 is 2.15 bits per heavy atom. The molecule has 2 aromatic carbocycles. The van der Waals surface area contributed by atoms with Crippen LogP contribution in [0.2, 0.25) is 5.02 Å². The summed E-state index contributed by atoms with van der Waals surface area (Å²) in [6.45, 7) is 3.76. The normalized spacial score (nSPS) is 16.0. The number of ether oxygens (including phenoxy) is 1. The number of fused-ring (bicyclic) bond motifs is 1. The van der Waals surface area contributed by atoms with Crippen molar-refractivity contribution in [3.63, 3.8) is 0 Å². The molecular weight excluding hydrogens is 355 g/mol. The molecule has 0 saturated heterocycles. The third kappa shape index (κ3) is 3.39. The van der Waals surface area contributed by atoms with Crippen molar-refractivity contribution in [2.75, 3.05) is 11.4 Å². The molecule has 3 rings (SSSR count). The number of carbonyl (C=O) groups excluding carboxylic acids is 1. The van der Waals surface area contributed by atoms with Crippen LogP contribution in [0.4, 0.5) is 10.1 Å². The van der Waals surface area contributed by atoms with Crippen molar-refractivity contribution < 1.29 is 13.9 Å². The fourth-order valence-electron chi connectivity index (χ4n) is 2.92. The number of hydrogen-bond donors (Lipinski definition) is 1. The topological polar surface area (TPSA) is 55.6 Å². The molecule has 0 bridgehead atoms. The van der Waals surface area contributed by atoms with Gasteiger partial charge in [-0.1, -0.05) is 29.7 Å². The molecule has 1 aliphatic heterocycles. The van der Waals surface area contributed by atoms with Gasteiger partial charge in [0, 0.05) is 6.07 Å². The number of nitrogens with two attached hydrogens (primary N) is 1. The van der Waals surface area contributed by atoms with Crippen LogP contribution in [-0.4, -0.2) is 18.5 Å². The van der Waals surface area contributed by atoms with Crippen LogP contribution in [0.1, 0.15) is 18.1 Å². The molecule has 0 radical (unpaired) electrons. The minimum atomic E-state index is -0.630. The second-order valence-corrected chi connectivity index (χ2v) is 6.47. The fourth-order valence-corrected chi connectivity index (χ4v) is 3.07. The maximum atomic E-state index is 13.6. The quantitative estimate of drug-likeness (QED) is 0.833. The first-order valence-corrected chi connectivity index (χ1v) is 8.52. The highest BCUT2D eigenvalue weighted by Crippen LogP contribution is 2.42. The van der Waals surface area contributed by atoms with Crippen LogP contribution in [0.25, 0.3) is 0 Å². The van der Waals surface area contributed by atoms with E-state index >= 15 is 0 Å². The Bertz CT molecular complexity index is 933. The van der Waals surface area contributed by atoms with Crippen molar-refractivity contribution in [3.05, 3.63) is 52.3 Å². The Morgan fingerprint density at radius 1 is 1.38 bits per heavy atom. The first-order chi connectivity index (χ1) is 12.4. The Balaban J connectivity index is 2.14. The zero-order chi connectivity index (χ0) is 18.8. The summed E-state index contributed by atoms with van der Waals surface area (Å²) in [4.78, 5) is 14.1. The summed E-state index contributed by atoms with van der Waals surface area (Å²) < 4.78 is 19.6. The van der Waals surface area contributed by atoms with Gasteiger partial charge in [-0.3, -0.25) is 9.69 Å². The Morgan fingerprint density at radius 3 is 2.88 bits per heavy atom. The molecule has 6 heteroatoms. The summed E-state index contributed by atoms with van der Waals surface area (Å²) in [6.07, 6.45) is 0.401. The van der Waals surface area contributed by atoms with Gasteiger partial charge in [0.05, 0.1) is 23.3 Å². The lowest BCUT2D eigenvalue weighted by Gasteiger charge is -2.33. The molecule has 1 atom stereocenters. The fraction of sp³-hybridized carbons (Fsp3) is 0.250. The van der Waals surface area contributed by atoms with E-state index in [9.17, 15) is 9.18 Å². The molecule has 0 saturated carbocycles. The van der Waals surface area contributed by atoms with E-state index in [0.717, 1.165) is 11.1 Å². The summed E-state index contributed by atoms with van der Waals surface area (Å²) in [5.41, 5.74) is 8.27. The molecule has 2 aromatic rings. The molecule has 0 aromatic heterocycles. The van der Waals surface area contributed by atoms with Crippen LogP contribution < -0.4 is 15.4 Å². The summed E-state index contributed by atoms with van der Waals surface area (Å²) in [6, 6.07) is 7.08. The molecule has 1 amide bonds. The molecule has 0 unspecified atom stereocenters. The summed E-state index contributed by atoms with van der Waals surface area (Å²) in [5, 5.41) is 0.280. The molecule has 134 valence electrons. The van der Waals surface area contributed by atoms with Crippen LogP contribution in [0.15, 0.2) is 30.3 Å².